The van der Waals surface area contributed by atoms with Gasteiger partial charge in [0.1, 0.15) is 0 Å². The Hall–Kier alpha value is -3.46. The van der Waals surface area contributed by atoms with Gasteiger partial charge in [0.15, 0.2) is 5.82 Å². The fourth-order valence-electron chi connectivity index (χ4n) is 2.05. The van der Waals surface area contributed by atoms with Crippen LogP contribution in [-0.2, 0) is 0 Å². The van der Waals surface area contributed by atoms with E-state index in [0.717, 1.165) is 5.56 Å². The minimum Gasteiger partial charge on any atom is -0.334 e. The Morgan fingerprint density at radius 3 is 2.65 bits per heavy atom. The van der Waals surface area contributed by atoms with Crippen molar-refractivity contribution >= 4 is 11.6 Å². The number of rotatable bonds is 3. The molecule has 0 fully saturated rings. The van der Waals surface area contributed by atoms with E-state index in [-0.39, 0.29) is 5.91 Å². The molecule has 3 aromatic rings. The average molecular weight is 304 g/mol. The molecule has 0 atom stereocenters. The Morgan fingerprint density at radius 1 is 1.22 bits per heavy atom. The lowest BCUT2D eigenvalue weighted by atomic mass is 10.1. The number of nitrogens with one attached hydrogen (secondary N) is 1. The van der Waals surface area contributed by atoms with Gasteiger partial charge < -0.3 is 9.84 Å². The molecule has 0 saturated heterocycles. The van der Waals surface area contributed by atoms with Crippen molar-refractivity contribution < 1.29 is 9.32 Å². The third-order valence-corrected chi connectivity index (χ3v) is 3.17. The second kappa shape index (κ2) is 6.12. The highest BCUT2D eigenvalue weighted by molar-refractivity contribution is 6.04. The van der Waals surface area contributed by atoms with E-state index >= 15 is 0 Å². The van der Waals surface area contributed by atoms with Crippen molar-refractivity contribution in [3.05, 3.63) is 65.5 Å². The summed E-state index contributed by atoms with van der Waals surface area (Å²) in [5, 5.41) is 15.4. The minimum absolute atomic E-state index is 0.256. The summed E-state index contributed by atoms with van der Waals surface area (Å²) in [6.07, 6.45) is 0. The van der Waals surface area contributed by atoms with Gasteiger partial charge in [0.05, 0.1) is 11.6 Å². The van der Waals surface area contributed by atoms with Crippen molar-refractivity contribution in [1.29, 1.82) is 5.26 Å². The predicted octanol–water partition coefficient (Wildman–Crippen LogP) is 3.17. The van der Waals surface area contributed by atoms with Crippen LogP contribution >= 0.6 is 0 Å². The Morgan fingerprint density at radius 2 is 2.00 bits per heavy atom. The molecule has 0 aliphatic heterocycles. The van der Waals surface area contributed by atoms with E-state index in [1.165, 1.54) is 0 Å². The van der Waals surface area contributed by atoms with Crippen molar-refractivity contribution in [2.24, 2.45) is 0 Å². The van der Waals surface area contributed by atoms with Gasteiger partial charge in [-0.25, -0.2) is 0 Å². The van der Waals surface area contributed by atoms with Crippen LogP contribution < -0.4 is 5.32 Å². The van der Waals surface area contributed by atoms with Crippen LogP contribution in [0.1, 0.15) is 21.7 Å². The predicted molar refractivity (Wildman–Crippen MR) is 83.6 cm³/mol. The molecule has 0 aliphatic carbocycles. The van der Waals surface area contributed by atoms with Gasteiger partial charge in [-0.15, -0.1) is 0 Å². The van der Waals surface area contributed by atoms with Gasteiger partial charge in [0.2, 0.25) is 0 Å². The molecule has 0 saturated carbocycles. The molecule has 0 bridgehead atoms. The smallest absolute Gasteiger partial charge is 0.257 e. The zero-order chi connectivity index (χ0) is 16.2. The highest BCUT2D eigenvalue weighted by Gasteiger charge is 2.09. The fourth-order valence-corrected chi connectivity index (χ4v) is 2.05. The first-order valence-electron chi connectivity index (χ1n) is 6.88. The van der Waals surface area contributed by atoms with Crippen LogP contribution in [0.5, 0.6) is 0 Å². The molecule has 0 aliphatic rings. The third-order valence-electron chi connectivity index (χ3n) is 3.17. The van der Waals surface area contributed by atoms with Gasteiger partial charge in [0, 0.05) is 16.8 Å². The van der Waals surface area contributed by atoms with Crippen LogP contribution in [0.15, 0.2) is 53.1 Å². The lowest BCUT2D eigenvalue weighted by Crippen LogP contribution is -2.11. The second-order valence-electron chi connectivity index (χ2n) is 4.87. The van der Waals surface area contributed by atoms with Crippen molar-refractivity contribution in [2.75, 3.05) is 5.32 Å². The topological polar surface area (TPSA) is 91.8 Å². The summed E-state index contributed by atoms with van der Waals surface area (Å²) < 4.78 is 5.08. The van der Waals surface area contributed by atoms with Gasteiger partial charge in [0.25, 0.3) is 11.8 Å². The Balaban J connectivity index is 1.76. The Bertz CT molecular complexity index is 891. The monoisotopic (exact) mass is 304 g/mol. The maximum atomic E-state index is 12.2. The summed E-state index contributed by atoms with van der Waals surface area (Å²) in [4.78, 5) is 16.4. The van der Waals surface area contributed by atoms with Crippen molar-refractivity contribution in [2.45, 2.75) is 6.92 Å². The quantitative estimate of drug-likeness (QED) is 0.802. The molecule has 1 amide bonds. The minimum atomic E-state index is -0.256. The van der Waals surface area contributed by atoms with E-state index in [1.54, 1.807) is 55.5 Å². The number of aryl methyl sites for hydroxylation is 1. The van der Waals surface area contributed by atoms with E-state index in [2.05, 4.69) is 15.5 Å². The molecular weight excluding hydrogens is 292 g/mol. The van der Waals surface area contributed by atoms with Crippen LogP contribution in [0.25, 0.3) is 11.5 Å². The number of hydrogen-bond acceptors (Lipinski definition) is 5. The normalized spacial score (nSPS) is 10.1. The van der Waals surface area contributed by atoms with Crippen molar-refractivity contribution in [3.63, 3.8) is 0 Å². The largest absolute Gasteiger partial charge is 0.334 e. The van der Waals surface area contributed by atoms with E-state index in [0.29, 0.717) is 28.5 Å². The van der Waals surface area contributed by atoms with Crippen LogP contribution in [0, 0.1) is 18.3 Å². The number of hydrogen-bond donors (Lipinski definition) is 1. The van der Waals surface area contributed by atoms with Crippen LogP contribution in [0.3, 0.4) is 0 Å². The maximum Gasteiger partial charge on any atom is 0.257 e. The van der Waals surface area contributed by atoms with Crippen molar-refractivity contribution in [1.82, 2.24) is 10.1 Å². The molecule has 6 heteroatoms. The van der Waals surface area contributed by atoms with E-state index in [4.69, 9.17) is 9.78 Å². The van der Waals surface area contributed by atoms with Crippen molar-refractivity contribution in [3.8, 4) is 17.5 Å². The van der Waals surface area contributed by atoms with E-state index < -0.39 is 0 Å². The summed E-state index contributed by atoms with van der Waals surface area (Å²) in [5.74, 6) is 0.712. The van der Waals surface area contributed by atoms with Crippen LogP contribution in [-0.4, -0.2) is 16.0 Å². The highest BCUT2D eigenvalue weighted by atomic mass is 16.5. The summed E-state index contributed by atoms with van der Waals surface area (Å²) in [6.45, 7) is 1.74. The first-order valence-corrected chi connectivity index (χ1v) is 6.88. The number of nitrogens with zero attached hydrogens (tertiary/aromatic N) is 3. The zero-order valence-electron chi connectivity index (χ0n) is 12.3. The molecule has 23 heavy (non-hydrogen) atoms. The zero-order valence-corrected chi connectivity index (χ0v) is 12.3. The Kier molecular flexibility index (Phi) is 3.85. The Labute approximate surface area is 132 Å². The molecule has 0 spiro atoms. The second-order valence-corrected chi connectivity index (χ2v) is 4.87. The standard InChI is InChI=1S/C17H12N4O2/c1-11-19-17(23-21-11)14-7-5-13(6-8-14)16(22)20-15-4-2-3-12(9-15)10-18/h2-9H,1H3,(H,20,22). The number of benzene rings is 2. The molecule has 3 rings (SSSR count). The molecule has 0 radical (unpaired) electrons. The number of amides is 1. The molecule has 1 N–H and O–H groups in total. The van der Waals surface area contributed by atoms with Gasteiger partial charge in [-0.2, -0.15) is 10.2 Å². The SMILES string of the molecule is Cc1noc(-c2ccc(C(=O)Nc3cccc(C#N)c3)cc2)n1. The molecule has 1 aromatic heterocycles. The lowest BCUT2D eigenvalue weighted by Gasteiger charge is -2.05. The number of aromatic nitrogens is 2. The fraction of sp³-hybridized carbons (Fsp3) is 0.0588. The number of nitriles is 1. The number of carbonyl (C=O) groups is 1. The van der Waals surface area contributed by atoms with Crippen LogP contribution in [0.4, 0.5) is 5.69 Å². The molecule has 1 heterocycles. The molecular formula is C17H12N4O2. The van der Waals surface area contributed by atoms with Crippen LogP contribution in [0.2, 0.25) is 0 Å². The van der Waals surface area contributed by atoms with E-state index in [9.17, 15) is 4.79 Å². The van der Waals surface area contributed by atoms with Gasteiger partial charge >= 0.3 is 0 Å². The van der Waals surface area contributed by atoms with E-state index in [1.807, 2.05) is 6.07 Å². The summed E-state index contributed by atoms with van der Waals surface area (Å²) in [6, 6.07) is 15.6. The van der Waals surface area contributed by atoms with Gasteiger partial charge in [-0.1, -0.05) is 11.2 Å². The average Bonchev–Trinajstić information content (AvgIpc) is 3.01. The number of anilines is 1. The number of carbonyl (C=O) groups excluding carboxylic acids is 1. The molecule has 112 valence electrons. The summed E-state index contributed by atoms with van der Waals surface area (Å²) >= 11 is 0. The summed E-state index contributed by atoms with van der Waals surface area (Å²) in [5.41, 5.74) is 2.30. The third kappa shape index (κ3) is 3.24. The van der Waals surface area contributed by atoms with Gasteiger partial charge in [-0.05, 0) is 49.4 Å². The maximum absolute atomic E-state index is 12.2. The molecule has 0 unspecified atom stereocenters. The first-order chi connectivity index (χ1) is 11.2. The summed E-state index contributed by atoms with van der Waals surface area (Å²) in [7, 11) is 0. The highest BCUT2D eigenvalue weighted by Crippen LogP contribution is 2.18. The van der Waals surface area contributed by atoms with Gasteiger partial charge in [-0.3, -0.25) is 4.79 Å². The molecule has 6 nitrogen and oxygen atoms in total. The first kappa shape index (κ1) is 14.5. The molecule has 2 aromatic carbocycles. The lowest BCUT2D eigenvalue weighted by molar-refractivity contribution is 0.102.